The van der Waals surface area contributed by atoms with Crippen LogP contribution in [0.25, 0.3) is 11.0 Å². The van der Waals surface area contributed by atoms with Crippen molar-refractivity contribution in [2.75, 3.05) is 18.4 Å². The maximum absolute atomic E-state index is 10.9. The lowest BCUT2D eigenvalue weighted by atomic mass is 9.85. The Morgan fingerprint density at radius 3 is 2.91 bits per heavy atom. The lowest BCUT2D eigenvalue weighted by molar-refractivity contribution is -0.139. The van der Waals surface area contributed by atoms with Crippen molar-refractivity contribution in [3.05, 3.63) is 30.6 Å². The molecule has 3 rings (SSSR count). The Morgan fingerprint density at radius 1 is 1.36 bits per heavy atom. The summed E-state index contributed by atoms with van der Waals surface area (Å²) in [5, 5.41) is 12.4. The molecule has 0 bridgehead atoms. The molecular formula is C16H20N4O2. The molecule has 0 radical (unpaired) electrons. The Morgan fingerprint density at radius 2 is 2.18 bits per heavy atom. The summed E-state index contributed by atoms with van der Waals surface area (Å²) in [4.78, 5) is 21.6. The zero-order chi connectivity index (χ0) is 15.5. The second-order valence-corrected chi connectivity index (χ2v) is 5.65. The smallest absolute Gasteiger partial charge is 0.317 e. The lowest BCUT2D eigenvalue weighted by Gasteiger charge is -2.42. The Balaban J connectivity index is 1.63. The third kappa shape index (κ3) is 3.01. The van der Waals surface area contributed by atoms with E-state index in [0.29, 0.717) is 12.1 Å². The van der Waals surface area contributed by atoms with E-state index in [4.69, 9.17) is 5.11 Å². The van der Waals surface area contributed by atoms with Gasteiger partial charge >= 0.3 is 5.97 Å². The van der Waals surface area contributed by atoms with Gasteiger partial charge in [-0.25, -0.2) is 0 Å². The first kappa shape index (κ1) is 14.7. The highest BCUT2D eigenvalue weighted by molar-refractivity contribution is 5.87. The van der Waals surface area contributed by atoms with E-state index in [1.54, 1.807) is 12.4 Å². The van der Waals surface area contributed by atoms with Crippen molar-refractivity contribution < 1.29 is 9.90 Å². The summed E-state index contributed by atoms with van der Waals surface area (Å²) < 4.78 is 0. The molecule has 2 heterocycles. The minimum Gasteiger partial charge on any atom is -0.480 e. The van der Waals surface area contributed by atoms with E-state index in [0.717, 1.165) is 36.1 Å². The third-order valence-electron chi connectivity index (χ3n) is 4.23. The van der Waals surface area contributed by atoms with Crippen LogP contribution in [-0.4, -0.2) is 51.1 Å². The molecule has 6 heteroatoms. The summed E-state index contributed by atoms with van der Waals surface area (Å²) in [5.41, 5.74) is 2.76. The highest BCUT2D eigenvalue weighted by atomic mass is 16.4. The van der Waals surface area contributed by atoms with E-state index < -0.39 is 5.97 Å². The minimum atomic E-state index is -0.761. The van der Waals surface area contributed by atoms with Crippen LogP contribution in [0, 0.1) is 0 Å². The fourth-order valence-electron chi connectivity index (χ4n) is 2.99. The number of nitrogens with zero attached hydrogens (tertiary/aromatic N) is 3. The monoisotopic (exact) mass is 300 g/mol. The van der Waals surface area contributed by atoms with E-state index >= 15 is 0 Å². The molecule has 2 aromatic heterocycles. The SMILES string of the molecule is CCN(CC(=O)O)C1CC(Nc2ccnc3cccnc23)C1. The first-order valence-corrected chi connectivity index (χ1v) is 7.59. The van der Waals surface area contributed by atoms with E-state index in [2.05, 4.69) is 15.3 Å². The molecule has 2 aromatic rings. The van der Waals surface area contributed by atoms with Crippen LogP contribution in [0.2, 0.25) is 0 Å². The average molecular weight is 300 g/mol. The van der Waals surface area contributed by atoms with Crippen molar-refractivity contribution >= 4 is 22.7 Å². The van der Waals surface area contributed by atoms with Gasteiger partial charge in [0.2, 0.25) is 0 Å². The van der Waals surface area contributed by atoms with Gasteiger partial charge in [-0.3, -0.25) is 19.7 Å². The Hall–Kier alpha value is -2.21. The molecule has 1 saturated carbocycles. The van der Waals surface area contributed by atoms with Gasteiger partial charge in [-0.15, -0.1) is 0 Å². The molecule has 0 aliphatic heterocycles. The fraction of sp³-hybridized carbons (Fsp3) is 0.438. The normalized spacial score (nSPS) is 20.8. The summed E-state index contributed by atoms with van der Waals surface area (Å²) in [7, 11) is 0. The molecule has 0 saturated heterocycles. The van der Waals surface area contributed by atoms with Gasteiger partial charge in [0.15, 0.2) is 0 Å². The number of nitrogens with one attached hydrogen (secondary N) is 1. The van der Waals surface area contributed by atoms with Crippen molar-refractivity contribution in [2.24, 2.45) is 0 Å². The molecule has 1 aliphatic rings. The van der Waals surface area contributed by atoms with Crippen LogP contribution < -0.4 is 5.32 Å². The van der Waals surface area contributed by atoms with E-state index in [-0.39, 0.29) is 6.54 Å². The maximum Gasteiger partial charge on any atom is 0.317 e. The number of hydrogen-bond donors (Lipinski definition) is 2. The van der Waals surface area contributed by atoms with E-state index in [1.807, 2.05) is 30.0 Å². The molecule has 116 valence electrons. The molecule has 0 amide bonds. The summed E-state index contributed by atoms with van der Waals surface area (Å²) in [5.74, 6) is -0.761. The van der Waals surface area contributed by atoms with Crippen molar-refractivity contribution in [3.8, 4) is 0 Å². The van der Waals surface area contributed by atoms with Gasteiger partial charge in [0.1, 0.15) is 5.52 Å². The number of rotatable bonds is 6. The summed E-state index contributed by atoms with van der Waals surface area (Å²) in [6, 6.07) is 6.48. The van der Waals surface area contributed by atoms with Gasteiger partial charge < -0.3 is 10.4 Å². The van der Waals surface area contributed by atoms with Gasteiger partial charge in [0, 0.05) is 24.5 Å². The molecule has 0 atom stereocenters. The molecule has 0 aromatic carbocycles. The maximum atomic E-state index is 10.9. The van der Waals surface area contributed by atoms with Crippen molar-refractivity contribution in [1.82, 2.24) is 14.9 Å². The molecule has 22 heavy (non-hydrogen) atoms. The predicted octanol–water partition coefficient (Wildman–Crippen LogP) is 1.98. The van der Waals surface area contributed by atoms with Crippen LogP contribution in [-0.2, 0) is 4.79 Å². The number of hydrogen-bond acceptors (Lipinski definition) is 5. The average Bonchev–Trinajstić information content (AvgIpc) is 2.48. The Bertz CT molecular complexity index is 665. The predicted molar refractivity (Wildman–Crippen MR) is 84.9 cm³/mol. The van der Waals surface area contributed by atoms with Crippen LogP contribution in [0.4, 0.5) is 5.69 Å². The third-order valence-corrected chi connectivity index (χ3v) is 4.23. The zero-order valence-electron chi connectivity index (χ0n) is 12.6. The number of aromatic nitrogens is 2. The van der Waals surface area contributed by atoms with Gasteiger partial charge in [0.25, 0.3) is 0 Å². The molecular weight excluding hydrogens is 280 g/mol. The van der Waals surface area contributed by atoms with Crippen molar-refractivity contribution in [2.45, 2.75) is 31.8 Å². The largest absolute Gasteiger partial charge is 0.480 e. The minimum absolute atomic E-state index is 0.119. The van der Waals surface area contributed by atoms with E-state index in [9.17, 15) is 4.79 Å². The number of fused-ring (bicyclic) bond motifs is 1. The van der Waals surface area contributed by atoms with Crippen LogP contribution in [0.5, 0.6) is 0 Å². The number of anilines is 1. The summed E-state index contributed by atoms with van der Waals surface area (Å²) in [6.45, 7) is 2.89. The molecule has 6 nitrogen and oxygen atoms in total. The number of likely N-dealkylation sites (N-methyl/N-ethyl adjacent to an activating group) is 1. The standard InChI is InChI=1S/C16H20N4O2/c1-2-20(10-15(21)22)12-8-11(9-12)19-14-5-7-17-13-4-3-6-18-16(13)14/h3-7,11-12H,2,8-10H2,1H3,(H,17,19)(H,21,22). The van der Waals surface area contributed by atoms with Gasteiger partial charge in [0.05, 0.1) is 17.7 Å². The number of carboxylic acids is 1. The van der Waals surface area contributed by atoms with Crippen LogP contribution >= 0.6 is 0 Å². The molecule has 0 spiro atoms. The molecule has 1 aliphatic carbocycles. The van der Waals surface area contributed by atoms with Crippen LogP contribution in [0.15, 0.2) is 30.6 Å². The van der Waals surface area contributed by atoms with Crippen LogP contribution in [0.3, 0.4) is 0 Å². The van der Waals surface area contributed by atoms with Gasteiger partial charge in [-0.2, -0.15) is 0 Å². The van der Waals surface area contributed by atoms with Gasteiger partial charge in [-0.1, -0.05) is 6.92 Å². The molecule has 1 fully saturated rings. The Kier molecular flexibility index (Phi) is 4.20. The number of carboxylic acid groups (broad SMARTS) is 1. The van der Waals surface area contributed by atoms with E-state index in [1.165, 1.54) is 0 Å². The molecule has 2 N–H and O–H groups in total. The summed E-state index contributed by atoms with van der Waals surface area (Å²) in [6.07, 6.45) is 5.46. The van der Waals surface area contributed by atoms with Crippen LogP contribution in [0.1, 0.15) is 19.8 Å². The number of pyridine rings is 2. The lowest BCUT2D eigenvalue weighted by Crippen LogP contribution is -2.51. The highest BCUT2D eigenvalue weighted by Gasteiger charge is 2.33. The fourth-order valence-corrected chi connectivity index (χ4v) is 2.99. The Labute approximate surface area is 129 Å². The first-order chi connectivity index (χ1) is 10.7. The second kappa shape index (κ2) is 6.27. The number of aliphatic carboxylic acids is 1. The van der Waals surface area contributed by atoms with Gasteiger partial charge in [-0.05, 0) is 37.6 Å². The summed E-state index contributed by atoms with van der Waals surface area (Å²) >= 11 is 0. The quantitative estimate of drug-likeness (QED) is 0.849. The molecule has 0 unspecified atom stereocenters. The second-order valence-electron chi connectivity index (χ2n) is 5.65. The number of carbonyl (C=O) groups is 1. The highest BCUT2D eigenvalue weighted by Crippen LogP contribution is 2.30. The first-order valence-electron chi connectivity index (χ1n) is 7.59. The topological polar surface area (TPSA) is 78.4 Å². The van der Waals surface area contributed by atoms with Crippen molar-refractivity contribution in [1.29, 1.82) is 0 Å². The van der Waals surface area contributed by atoms with Crippen molar-refractivity contribution in [3.63, 3.8) is 0 Å². The zero-order valence-corrected chi connectivity index (χ0v) is 12.6.